The Kier molecular flexibility index (Phi) is 5.03. The van der Waals surface area contributed by atoms with Crippen molar-refractivity contribution in [2.24, 2.45) is 0 Å². The SMILES string of the molecule is C[CH2][Sn]1([CH2]C)[S][Sn]([CH2]C)([CH2]C)[S]1. The molecule has 1 rings (SSSR count). The molecular weight excluding hydrogens is 398 g/mol. The van der Waals surface area contributed by atoms with Crippen LogP contribution in [-0.2, 0) is 0 Å². The quantitative estimate of drug-likeness (QED) is 0.621. The zero-order valence-corrected chi connectivity index (χ0v) is 16.0. The van der Waals surface area contributed by atoms with E-state index in [0.717, 1.165) is 0 Å². The standard InChI is InChI=1S/4C2H5.2S.2Sn/c4*1-2;;;;/h4*1H2,2H3;;;;. The minimum atomic E-state index is -1.46. The van der Waals surface area contributed by atoms with Crippen LogP contribution >= 0.6 is 12.3 Å². The monoisotopic (exact) mass is 420 g/mol. The van der Waals surface area contributed by atoms with Crippen LogP contribution in [0.1, 0.15) is 27.7 Å². The van der Waals surface area contributed by atoms with E-state index in [1.165, 1.54) is 0 Å². The van der Waals surface area contributed by atoms with Gasteiger partial charge in [-0.1, -0.05) is 0 Å². The maximum atomic E-state index is 2.65. The molecule has 0 aromatic carbocycles. The molecule has 1 heterocycles. The van der Waals surface area contributed by atoms with Crippen molar-refractivity contribution in [3.8, 4) is 0 Å². The zero-order valence-electron chi connectivity index (χ0n) is 8.64. The van der Waals surface area contributed by atoms with E-state index in [1.807, 2.05) is 0 Å². The Morgan fingerprint density at radius 3 is 1.08 bits per heavy atom. The molecule has 0 radical (unpaired) electrons. The Balaban J connectivity index is 2.52. The van der Waals surface area contributed by atoms with Crippen LogP contribution in [0.25, 0.3) is 0 Å². The Labute approximate surface area is 87.6 Å². The van der Waals surface area contributed by atoms with Crippen LogP contribution < -0.4 is 0 Å². The van der Waals surface area contributed by atoms with Gasteiger partial charge in [0.15, 0.2) is 0 Å². The Bertz CT molecular complexity index is 127. The first-order chi connectivity index (χ1) is 5.66. The summed E-state index contributed by atoms with van der Waals surface area (Å²) in [6.45, 7) is 9.78. The molecule has 4 heteroatoms. The summed E-state index contributed by atoms with van der Waals surface area (Å²) in [5.41, 5.74) is 0. The van der Waals surface area contributed by atoms with Gasteiger partial charge in [-0.3, -0.25) is 0 Å². The molecule has 0 unspecified atom stereocenters. The Hall–Kier alpha value is 2.30. The first-order valence-electron chi connectivity index (χ1n) is 5.06. The second-order valence-corrected chi connectivity index (χ2v) is 73.7. The van der Waals surface area contributed by atoms with Crippen molar-refractivity contribution in [2.75, 3.05) is 0 Å². The minimum absolute atomic E-state index is 1.46. The predicted octanol–water partition coefficient (Wildman–Crippen LogP) is 4.43. The van der Waals surface area contributed by atoms with Crippen molar-refractivity contribution in [1.82, 2.24) is 0 Å². The van der Waals surface area contributed by atoms with Crippen LogP contribution in [0, 0.1) is 0 Å². The first-order valence-corrected chi connectivity index (χ1v) is 28.7. The fourth-order valence-corrected chi connectivity index (χ4v) is 249. The third kappa shape index (κ3) is 2.27. The molecule has 0 nitrogen and oxygen atoms in total. The van der Waals surface area contributed by atoms with Gasteiger partial charge in [-0.15, -0.1) is 0 Å². The van der Waals surface area contributed by atoms with Gasteiger partial charge in [0.2, 0.25) is 0 Å². The fraction of sp³-hybridized carbons (Fsp3) is 1.00. The topological polar surface area (TPSA) is 0 Å². The van der Waals surface area contributed by atoms with Crippen molar-refractivity contribution in [1.29, 1.82) is 0 Å². The van der Waals surface area contributed by atoms with Gasteiger partial charge in [-0.05, 0) is 0 Å². The third-order valence-corrected chi connectivity index (χ3v) is 175. The van der Waals surface area contributed by atoms with E-state index in [1.54, 1.807) is 17.7 Å². The molecule has 1 aliphatic rings. The van der Waals surface area contributed by atoms with Gasteiger partial charge in [0.25, 0.3) is 0 Å². The summed E-state index contributed by atoms with van der Waals surface area (Å²) in [4.78, 5) is 0. The molecule has 72 valence electrons. The molecule has 0 amide bonds. The van der Waals surface area contributed by atoms with Crippen LogP contribution in [-0.4, -0.2) is 31.2 Å². The zero-order chi connectivity index (χ0) is 9.24. The van der Waals surface area contributed by atoms with Crippen LogP contribution in [0.15, 0.2) is 0 Å². The van der Waals surface area contributed by atoms with E-state index < -0.39 is 31.2 Å². The van der Waals surface area contributed by atoms with E-state index in [-0.39, 0.29) is 0 Å². The van der Waals surface area contributed by atoms with Crippen LogP contribution in [0.4, 0.5) is 0 Å². The molecule has 12 heavy (non-hydrogen) atoms. The van der Waals surface area contributed by atoms with Crippen LogP contribution in [0.5, 0.6) is 0 Å². The van der Waals surface area contributed by atoms with Gasteiger partial charge in [-0.2, -0.15) is 0 Å². The number of hydrogen-bond donors (Lipinski definition) is 0. The van der Waals surface area contributed by atoms with E-state index in [2.05, 4.69) is 40.0 Å². The second-order valence-electron chi connectivity index (χ2n) is 3.44. The average molecular weight is 418 g/mol. The summed E-state index contributed by atoms with van der Waals surface area (Å²) < 4.78 is 6.33. The maximum absolute atomic E-state index is 2.65. The molecule has 0 N–H and O–H groups in total. The van der Waals surface area contributed by atoms with Crippen molar-refractivity contribution >= 4 is 43.5 Å². The Morgan fingerprint density at radius 1 is 0.667 bits per heavy atom. The summed E-state index contributed by atoms with van der Waals surface area (Å²) in [5, 5.41) is 0. The van der Waals surface area contributed by atoms with Gasteiger partial charge in [0.1, 0.15) is 0 Å². The summed E-state index contributed by atoms with van der Waals surface area (Å²) in [5.74, 6) is 0. The van der Waals surface area contributed by atoms with Gasteiger partial charge in [0.05, 0.1) is 0 Å². The molecule has 0 aromatic heterocycles. The molecule has 1 fully saturated rings. The molecular formula is C8H20S2Sn2. The Morgan fingerprint density at radius 2 is 0.917 bits per heavy atom. The molecule has 0 aliphatic carbocycles. The molecule has 0 aromatic rings. The molecule has 1 aliphatic heterocycles. The van der Waals surface area contributed by atoms with Crippen molar-refractivity contribution in [3.63, 3.8) is 0 Å². The van der Waals surface area contributed by atoms with E-state index >= 15 is 0 Å². The summed E-state index contributed by atoms with van der Waals surface area (Å²) >= 11 is -2.93. The van der Waals surface area contributed by atoms with Gasteiger partial charge in [0, 0.05) is 0 Å². The van der Waals surface area contributed by atoms with Crippen LogP contribution in [0.2, 0.25) is 17.7 Å². The second kappa shape index (κ2) is 4.88. The number of rotatable bonds is 4. The molecule has 0 bridgehead atoms. The van der Waals surface area contributed by atoms with E-state index in [9.17, 15) is 0 Å². The molecule has 0 spiro atoms. The number of hydrogen-bond acceptors (Lipinski definition) is 2. The van der Waals surface area contributed by atoms with Crippen molar-refractivity contribution in [3.05, 3.63) is 0 Å². The first kappa shape index (κ1) is 12.4. The van der Waals surface area contributed by atoms with Gasteiger partial charge in [-0.25, -0.2) is 0 Å². The van der Waals surface area contributed by atoms with Crippen molar-refractivity contribution in [2.45, 2.75) is 45.4 Å². The molecule has 1 saturated heterocycles. The van der Waals surface area contributed by atoms with Crippen LogP contribution in [0.3, 0.4) is 0 Å². The van der Waals surface area contributed by atoms with E-state index in [4.69, 9.17) is 0 Å². The molecule has 0 saturated carbocycles. The average Bonchev–Trinajstić information content (AvgIpc) is 2.07. The predicted molar refractivity (Wildman–Crippen MR) is 68.6 cm³/mol. The summed E-state index contributed by atoms with van der Waals surface area (Å²) in [7, 11) is 0. The van der Waals surface area contributed by atoms with E-state index in [0.29, 0.717) is 0 Å². The van der Waals surface area contributed by atoms with Gasteiger partial charge >= 0.3 is 88.9 Å². The molecule has 0 atom stereocenters. The normalized spacial score (nSPS) is 25.0. The fourth-order valence-electron chi connectivity index (χ4n) is 1.76. The van der Waals surface area contributed by atoms with Crippen molar-refractivity contribution < 1.29 is 0 Å². The van der Waals surface area contributed by atoms with Gasteiger partial charge < -0.3 is 0 Å². The third-order valence-electron chi connectivity index (χ3n) is 2.90. The summed E-state index contributed by atoms with van der Waals surface area (Å²) in [6, 6.07) is 0. The summed E-state index contributed by atoms with van der Waals surface area (Å²) in [6.07, 6.45) is 5.30.